The Labute approximate surface area is 198 Å². The van der Waals surface area contributed by atoms with E-state index < -0.39 is 0 Å². The van der Waals surface area contributed by atoms with Gasteiger partial charge in [0.05, 0.1) is 5.39 Å². The predicted octanol–water partition coefficient (Wildman–Crippen LogP) is 5.48. The summed E-state index contributed by atoms with van der Waals surface area (Å²) >= 11 is 3.50. The number of thioether (sulfide) groups is 1. The molecule has 1 aromatic carbocycles. The van der Waals surface area contributed by atoms with Crippen LogP contribution in [0.15, 0.2) is 40.3 Å². The van der Waals surface area contributed by atoms with Gasteiger partial charge in [0.1, 0.15) is 10.7 Å². The normalized spacial score (nSPS) is 18.4. The molecule has 8 heteroatoms. The highest BCUT2D eigenvalue weighted by Crippen LogP contribution is 2.45. The van der Waals surface area contributed by atoms with Crippen molar-refractivity contribution in [2.24, 2.45) is 5.92 Å². The van der Waals surface area contributed by atoms with Gasteiger partial charge >= 0.3 is 0 Å². The number of rotatable bonds is 4. The fourth-order valence-electron chi connectivity index (χ4n) is 5.09. The van der Waals surface area contributed by atoms with E-state index in [2.05, 4.69) is 27.5 Å². The van der Waals surface area contributed by atoms with Crippen LogP contribution in [0.25, 0.3) is 26.8 Å². The van der Waals surface area contributed by atoms with Crippen LogP contribution in [0, 0.1) is 5.92 Å². The fourth-order valence-corrected chi connectivity index (χ4v) is 7.40. The van der Waals surface area contributed by atoms with E-state index in [1.54, 1.807) is 17.8 Å². The second kappa shape index (κ2) is 7.40. The van der Waals surface area contributed by atoms with Gasteiger partial charge in [0.25, 0.3) is 0 Å². The molecule has 1 saturated carbocycles. The van der Waals surface area contributed by atoms with Crippen LogP contribution in [-0.4, -0.2) is 24.6 Å². The number of nitrogens with zero attached hydrogens (tertiary/aromatic N) is 4. The van der Waals surface area contributed by atoms with Crippen molar-refractivity contribution in [3.63, 3.8) is 0 Å². The number of fused-ring (bicyclic) bond motifs is 6. The quantitative estimate of drug-likeness (QED) is 0.350. The molecule has 0 unspecified atom stereocenters. The number of para-hydroxylation sites is 1. The minimum Gasteiger partial charge on any atom is -0.322 e. The standard InChI is InChI=1S/C25H23N5OS2/c1-13-6-9-17-19(10-13)33-24-21(17)23-28-29-25(30(23)22(27-24)14-7-8-14)32-12-15-11-20(31)26-18-5-3-2-4-16(15)18/h2-5,11,13-14H,6-10,12H2,1H3,(H,26,31)/t13-/m1/s1. The minimum absolute atomic E-state index is 0.0726. The maximum atomic E-state index is 12.2. The number of benzene rings is 1. The highest BCUT2D eigenvalue weighted by Gasteiger charge is 2.32. The molecule has 1 N–H and O–H groups in total. The molecular weight excluding hydrogens is 450 g/mol. The van der Waals surface area contributed by atoms with Crippen molar-refractivity contribution in [1.29, 1.82) is 0 Å². The molecule has 2 aliphatic carbocycles. The van der Waals surface area contributed by atoms with Crippen molar-refractivity contribution in [2.45, 2.75) is 55.9 Å². The molecule has 6 nitrogen and oxygen atoms in total. The van der Waals surface area contributed by atoms with Gasteiger partial charge in [-0.25, -0.2) is 4.98 Å². The number of thiophene rings is 1. The van der Waals surface area contributed by atoms with E-state index in [0.29, 0.717) is 11.7 Å². The molecule has 0 radical (unpaired) electrons. The third kappa shape index (κ3) is 3.22. The summed E-state index contributed by atoms with van der Waals surface area (Å²) in [6.07, 6.45) is 5.82. The average molecular weight is 474 g/mol. The van der Waals surface area contributed by atoms with Gasteiger partial charge in [-0.1, -0.05) is 36.9 Å². The van der Waals surface area contributed by atoms with Crippen molar-refractivity contribution < 1.29 is 0 Å². The van der Waals surface area contributed by atoms with Crippen LogP contribution in [0.3, 0.4) is 0 Å². The predicted molar refractivity (Wildman–Crippen MR) is 133 cm³/mol. The summed E-state index contributed by atoms with van der Waals surface area (Å²) in [6, 6.07) is 9.66. The third-order valence-corrected chi connectivity index (χ3v) is 9.06. The molecule has 7 rings (SSSR count). The number of hydrogen-bond donors (Lipinski definition) is 1. The van der Waals surface area contributed by atoms with Gasteiger partial charge in [-0.3, -0.25) is 9.20 Å². The van der Waals surface area contributed by atoms with Crippen molar-refractivity contribution in [2.75, 3.05) is 0 Å². The maximum Gasteiger partial charge on any atom is 0.248 e. The first-order chi connectivity index (χ1) is 16.2. The molecule has 4 heterocycles. The number of hydrogen-bond acceptors (Lipinski definition) is 6. The van der Waals surface area contributed by atoms with Crippen molar-refractivity contribution >= 4 is 49.9 Å². The van der Waals surface area contributed by atoms with Crippen LogP contribution >= 0.6 is 23.1 Å². The molecule has 0 amide bonds. The Morgan fingerprint density at radius 2 is 2.09 bits per heavy atom. The van der Waals surface area contributed by atoms with E-state index in [4.69, 9.17) is 10.1 Å². The summed E-state index contributed by atoms with van der Waals surface area (Å²) in [4.78, 5) is 22.9. The molecule has 0 spiro atoms. The van der Waals surface area contributed by atoms with Crippen molar-refractivity contribution in [3.8, 4) is 0 Å². The molecule has 4 aromatic heterocycles. The van der Waals surface area contributed by atoms with E-state index >= 15 is 0 Å². The first kappa shape index (κ1) is 19.7. The molecule has 0 bridgehead atoms. The smallest absolute Gasteiger partial charge is 0.248 e. The summed E-state index contributed by atoms with van der Waals surface area (Å²) in [5, 5.41) is 12.5. The summed E-state index contributed by atoms with van der Waals surface area (Å²) in [7, 11) is 0. The first-order valence-electron chi connectivity index (χ1n) is 11.6. The van der Waals surface area contributed by atoms with Crippen molar-refractivity contribution in [3.05, 3.63) is 62.5 Å². The summed E-state index contributed by atoms with van der Waals surface area (Å²) in [5.74, 6) is 2.99. The molecule has 1 fully saturated rings. The number of H-pyrrole nitrogens is 1. The number of aromatic amines is 1. The Bertz CT molecular complexity index is 1610. The SMILES string of the molecule is C[C@@H]1CCc2c(sc3nc(C4CC4)n4c(SCc5cc(=O)[nH]c6ccccc56)nnc4c23)C1. The molecular formula is C25H23N5OS2. The maximum absolute atomic E-state index is 12.2. The van der Waals surface area contributed by atoms with E-state index in [-0.39, 0.29) is 5.56 Å². The summed E-state index contributed by atoms with van der Waals surface area (Å²) in [6.45, 7) is 2.34. The minimum atomic E-state index is -0.0726. The van der Waals surface area contributed by atoms with Gasteiger partial charge in [0, 0.05) is 33.5 Å². The van der Waals surface area contributed by atoms with Gasteiger partial charge in [-0.2, -0.15) is 0 Å². The number of pyridine rings is 1. The van der Waals surface area contributed by atoms with Crippen molar-refractivity contribution in [1.82, 2.24) is 24.6 Å². The second-order valence-corrected chi connectivity index (χ2v) is 11.4. The zero-order chi connectivity index (χ0) is 22.1. The molecule has 33 heavy (non-hydrogen) atoms. The lowest BCUT2D eigenvalue weighted by atomic mass is 9.89. The van der Waals surface area contributed by atoms with E-state index in [1.807, 2.05) is 29.5 Å². The van der Waals surface area contributed by atoms with Crippen LogP contribution in [-0.2, 0) is 18.6 Å². The first-order valence-corrected chi connectivity index (χ1v) is 13.4. The largest absolute Gasteiger partial charge is 0.322 e. The van der Waals surface area contributed by atoms with Gasteiger partial charge in [-0.15, -0.1) is 21.5 Å². The van der Waals surface area contributed by atoms with Gasteiger partial charge in [-0.05, 0) is 55.2 Å². The third-order valence-electron chi connectivity index (χ3n) is 6.93. The lowest BCUT2D eigenvalue weighted by Gasteiger charge is -2.17. The zero-order valence-electron chi connectivity index (χ0n) is 18.3. The van der Waals surface area contributed by atoms with Crippen LogP contribution in [0.4, 0.5) is 0 Å². The Balaban J connectivity index is 1.35. The molecule has 5 aromatic rings. The van der Waals surface area contributed by atoms with Gasteiger partial charge in [0.2, 0.25) is 5.56 Å². The molecule has 166 valence electrons. The Hall–Kier alpha value is -2.71. The van der Waals surface area contributed by atoms with Gasteiger partial charge in [0.15, 0.2) is 10.8 Å². The number of aryl methyl sites for hydroxylation is 1. The monoisotopic (exact) mass is 473 g/mol. The molecule has 1 atom stereocenters. The average Bonchev–Trinajstić information content (AvgIpc) is 3.47. The van der Waals surface area contributed by atoms with E-state index in [0.717, 1.165) is 56.7 Å². The lowest BCUT2D eigenvalue weighted by molar-refractivity contribution is 0.509. The highest BCUT2D eigenvalue weighted by molar-refractivity contribution is 7.98. The number of aromatic nitrogens is 5. The molecule has 0 saturated heterocycles. The highest BCUT2D eigenvalue weighted by atomic mass is 32.2. The molecule has 0 aliphatic heterocycles. The second-order valence-electron chi connectivity index (χ2n) is 9.41. The van der Waals surface area contributed by atoms with Crippen LogP contribution in [0.2, 0.25) is 0 Å². The number of nitrogens with one attached hydrogen (secondary N) is 1. The summed E-state index contributed by atoms with van der Waals surface area (Å²) < 4.78 is 2.21. The molecule has 2 aliphatic rings. The van der Waals surface area contributed by atoms with E-state index in [9.17, 15) is 4.79 Å². The van der Waals surface area contributed by atoms with Gasteiger partial charge < -0.3 is 4.98 Å². The van der Waals surface area contributed by atoms with Crippen LogP contribution < -0.4 is 5.56 Å². The Morgan fingerprint density at radius 1 is 1.21 bits per heavy atom. The topological polar surface area (TPSA) is 75.9 Å². The zero-order valence-corrected chi connectivity index (χ0v) is 19.9. The van der Waals surface area contributed by atoms with Crippen LogP contribution in [0.5, 0.6) is 0 Å². The summed E-state index contributed by atoms with van der Waals surface area (Å²) in [5.41, 5.74) is 4.22. The fraction of sp³-hybridized carbons (Fsp3) is 0.360. The Kier molecular flexibility index (Phi) is 4.42. The van der Waals surface area contributed by atoms with E-state index in [1.165, 1.54) is 35.1 Å². The Morgan fingerprint density at radius 3 is 2.97 bits per heavy atom. The lowest BCUT2D eigenvalue weighted by Crippen LogP contribution is -2.09. The van der Waals surface area contributed by atoms with Crippen LogP contribution in [0.1, 0.15) is 53.9 Å².